The number of rotatable bonds is 9. The first-order chi connectivity index (χ1) is 11.3. The van der Waals surface area contributed by atoms with Gasteiger partial charge in [-0.3, -0.25) is 4.79 Å². The Morgan fingerprint density at radius 1 is 0.913 bits per heavy atom. The van der Waals surface area contributed by atoms with E-state index in [0.29, 0.717) is 26.1 Å². The Morgan fingerprint density at radius 3 is 2.30 bits per heavy atom. The number of carbonyl (C=O) groups is 1. The highest BCUT2D eigenvalue weighted by atomic mass is 16.5. The van der Waals surface area contributed by atoms with Crippen molar-refractivity contribution < 1.29 is 14.3 Å². The van der Waals surface area contributed by atoms with Crippen LogP contribution in [0.4, 0.5) is 0 Å². The van der Waals surface area contributed by atoms with Crippen LogP contribution in [0.2, 0.25) is 0 Å². The number of hydrogen-bond acceptors (Lipinski definition) is 3. The summed E-state index contributed by atoms with van der Waals surface area (Å²) in [4.78, 5) is 11.3. The molecule has 2 rings (SSSR count). The van der Waals surface area contributed by atoms with Crippen molar-refractivity contribution in [3.8, 4) is 5.75 Å². The lowest BCUT2D eigenvalue weighted by Crippen LogP contribution is -2.05. The highest BCUT2D eigenvalue weighted by molar-refractivity contribution is 5.69. The van der Waals surface area contributed by atoms with Crippen LogP contribution in [0.1, 0.15) is 30.9 Å². The molecule has 0 aliphatic carbocycles. The molecule has 3 nitrogen and oxygen atoms in total. The van der Waals surface area contributed by atoms with Crippen molar-refractivity contribution in [3.05, 3.63) is 65.7 Å². The summed E-state index contributed by atoms with van der Waals surface area (Å²) >= 11 is 0. The second-order valence-corrected chi connectivity index (χ2v) is 5.39. The van der Waals surface area contributed by atoms with Crippen molar-refractivity contribution in [1.29, 1.82) is 0 Å². The van der Waals surface area contributed by atoms with Crippen molar-refractivity contribution in [2.45, 2.75) is 32.6 Å². The summed E-state index contributed by atoms with van der Waals surface area (Å²) in [7, 11) is 0. The largest absolute Gasteiger partial charge is 0.494 e. The van der Waals surface area contributed by atoms with Gasteiger partial charge in [0.2, 0.25) is 0 Å². The molecule has 2 aromatic carbocycles. The first kappa shape index (κ1) is 17.1. The van der Waals surface area contributed by atoms with Crippen LogP contribution < -0.4 is 4.74 Å². The van der Waals surface area contributed by atoms with Crippen LogP contribution in [0.15, 0.2) is 54.6 Å². The second kappa shape index (κ2) is 9.67. The van der Waals surface area contributed by atoms with Crippen molar-refractivity contribution in [1.82, 2.24) is 0 Å². The molecule has 0 atom stereocenters. The standard InChI is InChI=1S/C20H24O3/c1-2-22-20(21)15-12-18-10-13-19(14-11-18)23-16-6-9-17-7-4-3-5-8-17/h3-5,7-8,10-11,13-14H,2,6,9,12,15-16H2,1H3. The smallest absolute Gasteiger partial charge is 0.306 e. The highest BCUT2D eigenvalue weighted by Gasteiger charge is 2.03. The molecule has 0 spiro atoms. The normalized spacial score (nSPS) is 10.3. The van der Waals surface area contributed by atoms with Gasteiger partial charge in [-0.15, -0.1) is 0 Å². The minimum absolute atomic E-state index is 0.145. The molecule has 0 unspecified atom stereocenters. The summed E-state index contributed by atoms with van der Waals surface area (Å²) in [6.45, 7) is 2.97. The monoisotopic (exact) mass is 312 g/mol. The molecule has 0 aliphatic rings. The molecular formula is C20H24O3. The molecule has 0 aromatic heterocycles. The zero-order valence-electron chi connectivity index (χ0n) is 13.7. The summed E-state index contributed by atoms with van der Waals surface area (Å²) < 4.78 is 10.7. The summed E-state index contributed by atoms with van der Waals surface area (Å²) in [5.41, 5.74) is 2.46. The number of carbonyl (C=O) groups excluding carboxylic acids is 1. The number of benzene rings is 2. The molecule has 0 saturated carbocycles. The van der Waals surface area contributed by atoms with E-state index in [4.69, 9.17) is 9.47 Å². The quantitative estimate of drug-likeness (QED) is 0.514. The van der Waals surface area contributed by atoms with Gasteiger partial charge < -0.3 is 9.47 Å². The Bertz CT molecular complexity index is 576. The van der Waals surface area contributed by atoms with E-state index in [1.165, 1.54) is 5.56 Å². The fourth-order valence-corrected chi connectivity index (χ4v) is 2.34. The minimum atomic E-state index is -0.145. The van der Waals surface area contributed by atoms with Crippen molar-refractivity contribution in [3.63, 3.8) is 0 Å². The number of aryl methyl sites for hydroxylation is 2. The fourth-order valence-electron chi connectivity index (χ4n) is 2.34. The first-order valence-corrected chi connectivity index (χ1v) is 8.19. The van der Waals surface area contributed by atoms with E-state index in [1.807, 2.05) is 37.3 Å². The van der Waals surface area contributed by atoms with Gasteiger partial charge in [0.1, 0.15) is 5.75 Å². The summed E-state index contributed by atoms with van der Waals surface area (Å²) in [5.74, 6) is 0.728. The van der Waals surface area contributed by atoms with Crippen LogP contribution in [0.25, 0.3) is 0 Å². The Hall–Kier alpha value is -2.29. The minimum Gasteiger partial charge on any atom is -0.494 e. The molecule has 2 aromatic rings. The Morgan fingerprint density at radius 2 is 1.61 bits per heavy atom. The average molecular weight is 312 g/mol. The van der Waals surface area contributed by atoms with Crippen LogP contribution in [-0.2, 0) is 22.4 Å². The maximum atomic E-state index is 11.3. The van der Waals surface area contributed by atoms with Gasteiger partial charge >= 0.3 is 5.97 Å². The average Bonchev–Trinajstić information content (AvgIpc) is 2.59. The van der Waals surface area contributed by atoms with E-state index in [-0.39, 0.29) is 5.97 Å². The number of hydrogen-bond donors (Lipinski definition) is 0. The van der Waals surface area contributed by atoms with Gasteiger partial charge in [0.15, 0.2) is 0 Å². The zero-order valence-corrected chi connectivity index (χ0v) is 13.7. The van der Waals surface area contributed by atoms with Gasteiger partial charge in [0.05, 0.1) is 13.2 Å². The van der Waals surface area contributed by atoms with Gasteiger partial charge in [-0.05, 0) is 49.4 Å². The van der Waals surface area contributed by atoms with Crippen molar-refractivity contribution in [2.75, 3.05) is 13.2 Å². The molecule has 0 aliphatic heterocycles. The third kappa shape index (κ3) is 6.55. The Kier molecular flexibility index (Phi) is 7.18. The molecule has 122 valence electrons. The van der Waals surface area contributed by atoms with E-state index in [9.17, 15) is 4.79 Å². The van der Waals surface area contributed by atoms with Gasteiger partial charge in [0, 0.05) is 6.42 Å². The summed E-state index contributed by atoms with van der Waals surface area (Å²) in [6.07, 6.45) is 3.14. The third-order valence-corrected chi connectivity index (χ3v) is 3.57. The van der Waals surface area contributed by atoms with E-state index >= 15 is 0 Å². The van der Waals surface area contributed by atoms with E-state index in [2.05, 4.69) is 24.3 Å². The summed E-state index contributed by atoms with van der Waals surface area (Å²) in [6, 6.07) is 18.4. The van der Waals surface area contributed by atoms with Gasteiger partial charge in [-0.2, -0.15) is 0 Å². The van der Waals surface area contributed by atoms with E-state index < -0.39 is 0 Å². The predicted octanol–water partition coefficient (Wildman–Crippen LogP) is 4.19. The number of esters is 1. The van der Waals surface area contributed by atoms with Gasteiger partial charge in [-0.25, -0.2) is 0 Å². The molecule has 0 N–H and O–H groups in total. The fraction of sp³-hybridized carbons (Fsp3) is 0.350. The highest BCUT2D eigenvalue weighted by Crippen LogP contribution is 2.14. The lowest BCUT2D eigenvalue weighted by Gasteiger charge is -2.07. The Labute approximate surface area is 138 Å². The molecule has 0 fully saturated rings. The van der Waals surface area contributed by atoms with Gasteiger partial charge in [0.25, 0.3) is 0 Å². The van der Waals surface area contributed by atoms with Crippen LogP contribution in [0.3, 0.4) is 0 Å². The van der Waals surface area contributed by atoms with E-state index in [0.717, 1.165) is 24.2 Å². The maximum absolute atomic E-state index is 11.3. The van der Waals surface area contributed by atoms with Crippen LogP contribution in [0.5, 0.6) is 5.75 Å². The van der Waals surface area contributed by atoms with Crippen molar-refractivity contribution >= 4 is 5.97 Å². The SMILES string of the molecule is CCOC(=O)CCc1ccc(OCCCc2ccccc2)cc1. The lowest BCUT2D eigenvalue weighted by atomic mass is 10.1. The maximum Gasteiger partial charge on any atom is 0.306 e. The summed E-state index contributed by atoms with van der Waals surface area (Å²) in [5, 5.41) is 0. The molecule has 3 heteroatoms. The predicted molar refractivity (Wildman–Crippen MR) is 91.7 cm³/mol. The van der Waals surface area contributed by atoms with E-state index in [1.54, 1.807) is 0 Å². The second-order valence-electron chi connectivity index (χ2n) is 5.39. The first-order valence-electron chi connectivity index (χ1n) is 8.19. The Balaban J connectivity index is 1.67. The van der Waals surface area contributed by atoms with Gasteiger partial charge in [-0.1, -0.05) is 42.5 Å². The molecule has 0 heterocycles. The molecule has 0 amide bonds. The van der Waals surface area contributed by atoms with Crippen LogP contribution in [-0.4, -0.2) is 19.2 Å². The molecule has 0 saturated heterocycles. The molecular weight excluding hydrogens is 288 g/mol. The zero-order chi connectivity index (χ0) is 16.3. The molecule has 0 bridgehead atoms. The topological polar surface area (TPSA) is 35.5 Å². The van der Waals surface area contributed by atoms with Crippen LogP contribution in [0, 0.1) is 0 Å². The molecule has 0 radical (unpaired) electrons. The molecule has 23 heavy (non-hydrogen) atoms. The van der Waals surface area contributed by atoms with Crippen LogP contribution >= 0.6 is 0 Å². The lowest BCUT2D eigenvalue weighted by molar-refractivity contribution is -0.143. The third-order valence-electron chi connectivity index (χ3n) is 3.57. The van der Waals surface area contributed by atoms with Crippen molar-refractivity contribution in [2.24, 2.45) is 0 Å². The number of ether oxygens (including phenoxy) is 2.